The Morgan fingerprint density at radius 2 is 1.37 bits per heavy atom. The molecule has 0 aliphatic rings. The summed E-state index contributed by atoms with van der Waals surface area (Å²) < 4.78 is 0. The van der Waals surface area contributed by atoms with Gasteiger partial charge < -0.3 is 4.98 Å². The first kappa shape index (κ1) is 18.8. The van der Waals surface area contributed by atoms with Gasteiger partial charge in [-0.05, 0) is 40.5 Å². The third kappa shape index (κ3) is 3.60. The van der Waals surface area contributed by atoms with Crippen LogP contribution in [-0.4, -0.2) is 9.91 Å². The molecule has 0 unspecified atom stereocenters. The van der Waals surface area contributed by atoms with E-state index in [0.29, 0.717) is 16.8 Å². The zero-order chi connectivity index (χ0) is 21.1. The molecule has 4 rings (SSSR count). The molecule has 0 fully saturated rings. The van der Waals surface area contributed by atoms with Crippen molar-refractivity contribution in [3.8, 4) is 39.6 Å². The van der Waals surface area contributed by atoms with Crippen LogP contribution in [-0.2, 0) is 0 Å². The Bertz CT molecular complexity index is 1320. The monoisotopic (exact) mass is 393 g/mol. The normalized spacial score (nSPS) is 10.4. The van der Waals surface area contributed by atoms with E-state index in [9.17, 15) is 20.2 Å². The number of benzene rings is 3. The molecular weight excluding hydrogens is 378 g/mol. The highest BCUT2D eigenvalue weighted by Gasteiger charge is 2.14. The lowest BCUT2D eigenvalue weighted by Gasteiger charge is -2.09. The van der Waals surface area contributed by atoms with Gasteiger partial charge in [0.25, 0.3) is 11.2 Å². The maximum Gasteiger partial charge on any atom is 0.269 e. The molecule has 30 heavy (non-hydrogen) atoms. The van der Waals surface area contributed by atoms with E-state index in [2.05, 4.69) is 4.98 Å². The van der Waals surface area contributed by atoms with Crippen LogP contribution in [0.2, 0.25) is 0 Å². The lowest BCUT2D eigenvalue weighted by atomic mass is 9.98. The van der Waals surface area contributed by atoms with Crippen molar-refractivity contribution in [3.05, 3.63) is 111 Å². The standard InChI is InChI=1S/C24H15N3O3/c25-15-22-21(18-10-12-20(13-11-18)27(29)30)14-23(26-24(22)28)19-8-6-17(7-9-19)16-4-2-1-3-5-16/h1-14H,(H,26,28). The predicted octanol–water partition coefficient (Wildman–Crippen LogP) is 5.16. The van der Waals surface area contributed by atoms with Crippen LogP contribution >= 0.6 is 0 Å². The molecule has 0 bridgehead atoms. The molecule has 0 spiro atoms. The van der Waals surface area contributed by atoms with E-state index in [0.717, 1.165) is 16.7 Å². The number of nitro groups is 1. The lowest BCUT2D eigenvalue weighted by Crippen LogP contribution is -2.12. The first-order valence-corrected chi connectivity index (χ1v) is 9.15. The molecule has 4 aromatic rings. The molecule has 6 heteroatoms. The summed E-state index contributed by atoms with van der Waals surface area (Å²) in [6, 6.07) is 27.1. The Morgan fingerprint density at radius 1 is 0.800 bits per heavy atom. The molecule has 6 nitrogen and oxygen atoms in total. The van der Waals surface area contributed by atoms with Gasteiger partial charge in [0.1, 0.15) is 11.6 Å². The number of aromatic nitrogens is 1. The minimum absolute atomic E-state index is 0.0338. The van der Waals surface area contributed by atoms with Gasteiger partial charge in [-0.3, -0.25) is 14.9 Å². The van der Waals surface area contributed by atoms with E-state index in [4.69, 9.17) is 0 Å². The molecule has 0 amide bonds. The van der Waals surface area contributed by atoms with Crippen LogP contribution in [0, 0.1) is 21.4 Å². The average molecular weight is 393 g/mol. The number of nitrogens with one attached hydrogen (secondary N) is 1. The Morgan fingerprint density at radius 3 is 1.97 bits per heavy atom. The van der Waals surface area contributed by atoms with Crippen LogP contribution < -0.4 is 5.56 Å². The predicted molar refractivity (Wildman–Crippen MR) is 115 cm³/mol. The number of nitro benzene ring substituents is 1. The lowest BCUT2D eigenvalue weighted by molar-refractivity contribution is -0.384. The summed E-state index contributed by atoms with van der Waals surface area (Å²) in [5, 5.41) is 20.3. The van der Waals surface area contributed by atoms with E-state index >= 15 is 0 Å². The number of nitriles is 1. The van der Waals surface area contributed by atoms with Crippen molar-refractivity contribution in [1.82, 2.24) is 4.98 Å². The molecule has 0 radical (unpaired) electrons. The minimum atomic E-state index is -0.504. The number of pyridine rings is 1. The number of H-pyrrole nitrogens is 1. The second-order valence-corrected chi connectivity index (χ2v) is 6.66. The molecule has 3 aromatic carbocycles. The van der Waals surface area contributed by atoms with Gasteiger partial charge in [0.2, 0.25) is 0 Å². The van der Waals surface area contributed by atoms with Crippen LogP contribution in [0.1, 0.15) is 5.56 Å². The molecule has 0 aliphatic heterocycles. The fourth-order valence-corrected chi connectivity index (χ4v) is 3.29. The molecule has 0 atom stereocenters. The van der Waals surface area contributed by atoms with E-state index in [-0.39, 0.29) is 11.3 Å². The number of hydrogen-bond acceptors (Lipinski definition) is 4. The number of non-ortho nitro benzene ring substituents is 1. The Hall–Kier alpha value is -4.50. The summed E-state index contributed by atoms with van der Waals surface area (Å²) in [6.07, 6.45) is 0. The number of hydrogen-bond donors (Lipinski definition) is 1. The van der Waals surface area contributed by atoms with Crippen LogP contribution in [0.25, 0.3) is 33.5 Å². The first-order chi connectivity index (χ1) is 14.6. The van der Waals surface area contributed by atoms with Gasteiger partial charge in [-0.15, -0.1) is 0 Å². The third-order valence-electron chi connectivity index (χ3n) is 4.84. The second kappa shape index (κ2) is 7.86. The summed E-state index contributed by atoms with van der Waals surface area (Å²) in [4.78, 5) is 25.7. The van der Waals surface area contributed by atoms with E-state index in [1.807, 2.05) is 60.7 Å². The van der Waals surface area contributed by atoms with Crippen LogP contribution in [0.4, 0.5) is 5.69 Å². The van der Waals surface area contributed by atoms with Gasteiger partial charge in [0.05, 0.1) is 4.92 Å². The molecular formula is C24H15N3O3. The summed E-state index contributed by atoms with van der Waals surface area (Å²) >= 11 is 0. The first-order valence-electron chi connectivity index (χ1n) is 9.15. The Balaban J connectivity index is 1.77. The molecule has 1 N–H and O–H groups in total. The highest BCUT2D eigenvalue weighted by molar-refractivity contribution is 5.76. The SMILES string of the molecule is N#Cc1c(-c2ccc([N+](=O)[O-])cc2)cc(-c2ccc(-c3ccccc3)cc2)[nH]c1=O. The van der Waals surface area contributed by atoms with E-state index in [1.165, 1.54) is 24.3 Å². The maximum absolute atomic E-state index is 12.5. The number of nitrogens with zero attached hydrogens (tertiary/aromatic N) is 2. The van der Waals surface area contributed by atoms with E-state index in [1.54, 1.807) is 6.07 Å². The van der Waals surface area contributed by atoms with Crippen molar-refractivity contribution >= 4 is 5.69 Å². The van der Waals surface area contributed by atoms with Gasteiger partial charge >= 0.3 is 0 Å². The van der Waals surface area contributed by atoms with Gasteiger partial charge in [0, 0.05) is 23.4 Å². The van der Waals surface area contributed by atoms with Crippen LogP contribution in [0.15, 0.2) is 89.7 Å². The minimum Gasteiger partial charge on any atom is -0.321 e. The van der Waals surface area contributed by atoms with Crippen molar-refractivity contribution < 1.29 is 4.92 Å². The van der Waals surface area contributed by atoms with Crippen molar-refractivity contribution in [2.45, 2.75) is 0 Å². The number of aromatic amines is 1. The Kier molecular flexibility index (Phi) is 4.93. The van der Waals surface area contributed by atoms with Crippen LogP contribution in [0.3, 0.4) is 0 Å². The quantitative estimate of drug-likeness (QED) is 0.382. The number of rotatable bonds is 4. The fraction of sp³-hybridized carbons (Fsp3) is 0. The molecule has 0 saturated heterocycles. The second-order valence-electron chi connectivity index (χ2n) is 6.66. The summed E-state index contributed by atoms with van der Waals surface area (Å²) in [5.41, 5.74) is 3.88. The maximum atomic E-state index is 12.5. The highest BCUT2D eigenvalue weighted by Crippen LogP contribution is 2.29. The van der Waals surface area contributed by atoms with Gasteiger partial charge in [-0.25, -0.2) is 0 Å². The van der Waals surface area contributed by atoms with Gasteiger partial charge in [-0.2, -0.15) is 5.26 Å². The zero-order valence-corrected chi connectivity index (χ0v) is 15.7. The summed E-state index contributed by atoms with van der Waals surface area (Å²) in [6.45, 7) is 0. The Labute approximate surface area is 171 Å². The topological polar surface area (TPSA) is 99.8 Å². The van der Waals surface area contributed by atoms with Crippen LogP contribution in [0.5, 0.6) is 0 Å². The molecule has 1 heterocycles. The average Bonchev–Trinajstić information content (AvgIpc) is 2.79. The summed E-state index contributed by atoms with van der Waals surface area (Å²) in [7, 11) is 0. The van der Waals surface area contributed by atoms with Crippen molar-refractivity contribution in [3.63, 3.8) is 0 Å². The molecule has 1 aromatic heterocycles. The smallest absolute Gasteiger partial charge is 0.269 e. The van der Waals surface area contributed by atoms with Crippen molar-refractivity contribution in [2.24, 2.45) is 0 Å². The largest absolute Gasteiger partial charge is 0.321 e. The molecule has 0 saturated carbocycles. The molecule has 144 valence electrons. The summed E-state index contributed by atoms with van der Waals surface area (Å²) in [5.74, 6) is 0. The highest BCUT2D eigenvalue weighted by atomic mass is 16.6. The third-order valence-corrected chi connectivity index (χ3v) is 4.84. The fourth-order valence-electron chi connectivity index (χ4n) is 3.29. The van der Waals surface area contributed by atoms with Gasteiger partial charge in [-0.1, -0.05) is 54.6 Å². The van der Waals surface area contributed by atoms with E-state index < -0.39 is 10.5 Å². The molecule has 0 aliphatic carbocycles. The zero-order valence-electron chi connectivity index (χ0n) is 15.7. The van der Waals surface area contributed by atoms with Crippen molar-refractivity contribution in [2.75, 3.05) is 0 Å². The van der Waals surface area contributed by atoms with Crippen molar-refractivity contribution in [1.29, 1.82) is 5.26 Å². The van der Waals surface area contributed by atoms with Gasteiger partial charge in [0.15, 0.2) is 0 Å².